The molecule has 0 heterocycles. The zero-order chi connectivity index (χ0) is 24.9. The third-order valence-corrected chi connectivity index (χ3v) is 5.94. The standard InChI is InChI=1S/C25H25F7O2/c1-2-3-15-4-6-16(7-5-15)17-12-20(27)24(21(28)13-17)25(31,32)34-18-8-9-22(19(26)14-18)33-11-10-23(29)30/h8-16,23H,2-7H2,1H3. The molecule has 2 aromatic carbocycles. The minimum atomic E-state index is -4.43. The molecule has 0 aromatic heterocycles. The van der Waals surface area contributed by atoms with Gasteiger partial charge in [0.2, 0.25) is 0 Å². The highest BCUT2D eigenvalue weighted by molar-refractivity contribution is 5.36. The molecule has 2 nitrogen and oxygen atoms in total. The first kappa shape index (κ1) is 25.9. The predicted octanol–water partition coefficient (Wildman–Crippen LogP) is 8.46. The average molecular weight is 490 g/mol. The molecule has 9 heteroatoms. The van der Waals surface area contributed by atoms with Crippen molar-refractivity contribution < 1.29 is 40.2 Å². The van der Waals surface area contributed by atoms with E-state index >= 15 is 0 Å². The summed E-state index contributed by atoms with van der Waals surface area (Å²) in [6.07, 6.45) is -0.892. The highest BCUT2D eigenvalue weighted by Crippen LogP contribution is 2.41. The molecule has 0 spiro atoms. The van der Waals surface area contributed by atoms with Crippen LogP contribution in [0.5, 0.6) is 11.5 Å². The van der Waals surface area contributed by atoms with Crippen LogP contribution in [0, 0.1) is 23.4 Å². The molecule has 0 radical (unpaired) electrons. The molecule has 0 bridgehead atoms. The van der Waals surface area contributed by atoms with E-state index in [-0.39, 0.29) is 5.92 Å². The van der Waals surface area contributed by atoms with E-state index in [2.05, 4.69) is 16.4 Å². The number of ether oxygens (including phenoxy) is 2. The van der Waals surface area contributed by atoms with E-state index in [1.54, 1.807) is 0 Å². The summed E-state index contributed by atoms with van der Waals surface area (Å²) in [5.41, 5.74) is -1.24. The Bertz CT molecular complexity index is 976. The van der Waals surface area contributed by atoms with Crippen LogP contribution in [0.4, 0.5) is 30.7 Å². The smallest absolute Gasteiger partial charge is 0.432 e. The summed E-state index contributed by atoms with van der Waals surface area (Å²) < 4.78 is 106. The summed E-state index contributed by atoms with van der Waals surface area (Å²) in [4.78, 5) is 0. The van der Waals surface area contributed by atoms with Gasteiger partial charge in [-0.05, 0) is 67.3 Å². The van der Waals surface area contributed by atoms with E-state index in [4.69, 9.17) is 0 Å². The first-order chi connectivity index (χ1) is 16.1. The van der Waals surface area contributed by atoms with Crippen LogP contribution >= 0.6 is 0 Å². The number of alkyl halides is 4. The van der Waals surface area contributed by atoms with E-state index in [1.165, 1.54) is 0 Å². The molecule has 0 N–H and O–H groups in total. The average Bonchev–Trinajstić information content (AvgIpc) is 2.75. The quantitative estimate of drug-likeness (QED) is 0.259. The molecule has 0 unspecified atom stereocenters. The third-order valence-electron chi connectivity index (χ3n) is 5.94. The van der Waals surface area contributed by atoms with Gasteiger partial charge in [-0.15, -0.1) is 0 Å². The fourth-order valence-electron chi connectivity index (χ4n) is 4.31. The zero-order valence-corrected chi connectivity index (χ0v) is 18.5. The van der Waals surface area contributed by atoms with Gasteiger partial charge in [0.1, 0.15) is 22.9 Å². The lowest BCUT2D eigenvalue weighted by Gasteiger charge is -2.29. The maximum Gasteiger partial charge on any atom is 0.432 e. The molecule has 186 valence electrons. The summed E-state index contributed by atoms with van der Waals surface area (Å²) in [6, 6.07) is 4.04. The highest BCUT2D eigenvalue weighted by atomic mass is 19.3. The van der Waals surface area contributed by atoms with Crippen LogP contribution in [-0.4, -0.2) is 6.43 Å². The SMILES string of the molecule is CCCC1CCC(c2cc(F)c(C(F)(F)Oc3ccc(OC=CC(F)F)c(F)c3)c(F)c2)CC1. The largest absolute Gasteiger partial charge is 0.462 e. The lowest BCUT2D eigenvalue weighted by atomic mass is 9.77. The molecule has 1 aliphatic rings. The van der Waals surface area contributed by atoms with Crippen LogP contribution in [0.15, 0.2) is 42.7 Å². The van der Waals surface area contributed by atoms with Crippen LogP contribution in [0.3, 0.4) is 0 Å². The van der Waals surface area contributed by atoms with Crippen LogP contribution in [0.1, 0.15) is 62.5 Å². The molecule has 0 aliphatic heterocycles. The van der Waals surface area contributed by atoms with Crippen molar-refractivity contribution in [1.29, 1.82) is 0 Å². The number of benzene rings is 2. The normalized spacial score (nSPS) is 19.1. The first-order valence-electron chi connectivity index (χ1n) is 11.1. The maximum atomic E-state index is 14.6. The molecule has 34 heavy (non-hydrogen) atoms. The molecule has 2 aromatic rings. The van der Waals surface area contributed by atoms with Gasteiger partial charge in [-0.3, -0.25) is 0 Å². The van der Waals surface area contributed by atoms with Crippen molar-refractivity contribution in [3.63, 3.8) is 0 Å². The van der Waals surface area contributed by atoms with Gasteiger partial charge >= 0.3 is 6.11 Å². The highest BCUT2D eigenvalue weighted by Gasteiger charge is 2.41. The van der Waals surface area contributed by atoms with Crippen molar-refractivity contribution in [2.45, 2.75) is 63.9 Å². The summed E-state index contributed by atoms with van der Waals surface area (Å²) >= 11 is 0. The van der Waals surface area contributed by atoms with Gasteiger partial charge < -0.3 is 9.47 Å². The van der Waals surface area contributed by atoms with Crippen LogP contribution in [-0.2, 0) is 6.11 Å². The van der Waals surface area contributed by atoms with E-state index < -0.39 is 47.0 Å². The van der Waals surface area contributed by atoms with E-state index in [1.807, 2.05) is 0 Å². The van der Waals surface area contributed by atoms with Crippen molar-refractivity contribution in [2.75, 3.05) is 0 Å². The predicted molar refractivity (Wildman–Crippen MR) is 113 cm³/mol. The summed E-state index contributed by atoms with van der Waals surface area (Å²) in [5.74, 6) is -4.89. The third kappa shape index (κ3) is 6.45. The minimum absolute atomic E-state index is 0.110. The zero-order valence-electron chi connectivity index (χ0n) is 18.5. The van der Waals surface area contributed by atoms with E-state index in [0.717, 1.165) is 62.8 Å². The molecule has 0 amide bonds. The van der Waals surface area contributed by atoms with Gasteiger partial charge in [-0.1, -0.05) is 19.8 Å². The molecule has 0 saturated heterocycles. The number of hydrogen-bond acceptors (Lipinski definition) is 2. The van der Waals surface area contributed by atoms with Crippen molar-refractivity contribution in [2.24, 2.45) is 5.92 Å². The number of rotatable bonds is 9. The summed E-state index contributed by atoms with van der Waals surface area (Å²) in [5, 5.41) is 0. The molecular formula is C25H25F7O2. The fourth-order valence-corrected chi connectivity index (χ4v) is 4.31. The monoisotopic (exact) mass is 490 g/mol. The second-order valence-electron chi connectivity index (χ2n) is 8.36. The second kappa shape index (κ2) is 11.1. The Kier molecular flexibility index (Phi) is 8.49. The lowest BCUT2D eigenvalue weighted by Crippen LogP contribution is -2.25. The van der Waals surface area contributed by atoms with Crippen LogP contribution < -0.4 is 9.47 Å². The van der Waals surface area contributed by atoms with E-state index in [0.29, 0.717) is 29.9 Å². The molecular weight excluding hydrogens is 465 g/mol. The Balaban J connectivity index is 1.74. The number of allylic oxidation sites excluding steroid dienone is 1. The maximum absolute atomic E-state index is 14.6. The molecule has 1 fully saturated rings. The number of hydrogen-bond donors (Lipinski definition) is 0. The Morgan fingerprint density at radius 1 is 0.971 bits per heavy atom. The summed E-state index contributed by atoms with van der Waals surface area (Å²) in [7, 11) is 0. The Labute approximate surface area is 193 Å². The Hall–Kier alpha value is -2.71. The van der Waals surface area contributed by atoms with Crippen molar-refractivity contribution in [3.05, 3.63) is 71.2 Å². The van der Waals surface area contributed by atoms with Gasteiger partial charge in [0.15, 0.2) is 11.6 Å². The van der Waals surface area contributed by atoms with E-state index in [9.17, 15) is 30.7 Å². The lowest BCUT2D eigenvalue weighted by molar-refractivity contribution is -0.189. The minimum Gasteiger partial charge on any atom is -0.462 e. The van der Waals surface area contributed by atoms with Gasteiger partial charge in [-0.2, -0.15) is 8.78 Å². The van der Waals surface area contributed by atoms with Crippen molar-refractivity contribution in [1.82, 2.24) is 0 Å². The van der Waals surface area contributed by atoms with Crippen LogP contribution in [0.2, 0.25) is 0 Å². The van der Waals surface area contributed by atoms with Gasteiger partial charge in [0.05, 0.1) is 6.26 Å². The summed E-state index contributed by atoms with van der Waals surface area (Å²) in [6.45, 7) is 2.10. The first-order valence-corrected chi connectivity index (χ1v) is 11.1. The molecule has 1 aliphatic carbocycles. The second-order valence-corrected chi connectivity index (χ2v) is 8.36. The molecule has 1 saturated carbocycles. The topological polar surface area (TPSA) is 18.5 Å². The Morgan fingerprint density at radius 3 is 2.18 bits per heavy atom. The van der Waals surface area contributed by atoms with Crippen molar-refractivity contribution in [3.8, 4) is 11.5 Å². The van der Waals surface area contributed by atoms with Crippen molar-refractivity contribution >= 4 is 0 Å². The number of halogens is 7. The van der Waals surface area contributed by atoms with Crippen LogP contribution in [0.25, 0.3) is 0 Å². The fraction of sp³-hybridized carbons (Fsp3) is 0.440. The van der Waals surface area contributed by atoms with Gasteiger partial charge in [0, 0.05) is 12.1 Å². The van der Waals surface area contributed by atoms with Gasteiger partial charge in [-0.25, -0.2) is 22.0 Å². The van der Waals surface area contributed by atoms with Gasteiger partial charge in [0.25, 0.3) is 6.43 Å². The molecule has 0 atom stereocenters. The molecule has 3 rings (SSSR count). The Morgan fingerprint density at radius 2 is 1.62 bits per heavy atom.